The number of rotatable bonds is 5. The molecule has 6 heteroatoms. The van der Waals surface area contributed by atoms with Gasteiger partial charge in [0.2, 0.25) is 5.91 Å². The number of aromatic hydroxyl groups is 2. The summed E-state index contributed by atoms with van der Waals surface area (Å²) in [7, 11) is 1.71. The van der Waals surface area contributed by atoms with Crippen molar-refractivity contribution in [2.45, 2.75) is 31.4 Å². The van der Waals surface area contributed by atoms with Gasteiger partial charge >= 0.3 is 0 Å². The predicted molar refractivity (Wildman–Crippen MR) is 77.8 cm³/mol. The molecule has 0 heterocycles. The molecule has 2 rings (SSSR count). The van der Waals surface area contributed by atoms with Gasteiger partial charge in [-0.25, -0.2) is 0 Å². The van der Waals surface area contributed by atoms with E-state index in [1.54, 1.807) is 18.0 Å². The van der Waals surface area contributed by atoms with E-state index in [-0.39, 0.29) is 23.5 Å². The standard InChI is InChI=1S/C15H22N2O4/c1-17(8-10-4-11(18)5-10)15(21)12(16)6-9-2-3-13(19)14(20)7-9/h2-3,7,10-12,18-20H,4-6,8,16H2,1H3/t10?,11?,12-/m0/s1. The molecule has 1 aliphatic carbocycles. The van der Waals surface area contributed by atoms with Crippen LogP contribution in [0.2, 0.25) is 0 Å². The van der Waals surface area contributed by atoms with Crippen LogP contribution in [0.3, 0.4) is 0 Å². The molecular weight excluding hydrogens is 272 g/mol. The number of nitrogens with zero attached hydrogens (tertiary/aromatic N) is 1. The second-order valence-corrected chi connectivity index (χ2v) is 5.84. The number of carbonyl (C=O) groups is 1. The van der Waals surface area contributed by atoms with Crippen LogP contribution < -0.4 is 5.73 Å². The summed E-state index contributed by atoms with van der Waals surface area (Å²) in [4.78, 5) is 13.8. The average molecular weight is 294 g/mol. The third-order valence-corrected chi connectivity index (χ3v) is 3.93. The lowest BCUT2D eigenvalue weighted by Gasteiger charge is -2.35. The number of phenols is 2. The highest BCUT2D eigenvalue weighted by molar-refractivity contribution is 5.81. The summed E-state index contributed by atoms with van der Waals surface area (Å²) < 4.78 is 0. The minimum atomic E-state index is -0.691. The van der Waals surface area contributed by atoms with Gasteiger partial charge in [-0.15, -0.1) is 0 Å². The molecule has 0 radical (unpaired) electrons. The summed E-state index contributed by atoms with van der Waals surface area (Å²) in [6.07, 6.45) is 1.54. The van der Waals surface area contributed by atoms with Crippen LogP contribution >= 0.6 is 0 Å². The lowest BCUT2D eigenvalue weighted by molar-refractivity contribution is -0.132. The minimum absolute atomic E-state index is 0.163. The van der Waals surface area contributed by atoms with Crippen molar-refractivity contribution in [3.05, 3.63) is 23.8 Å². The zero-order valence-electron chi connectivity index (χ0n) is 12.1. The van der Waals surface area contributed by atoms with Crippen molar-refractivity contribution in [2.24, 2.45) is 11.7 Å². The van der Waals surface area contributed by atoms with E-state index in [1.165, 1.54) is 12.1 Å². The Labute approximate surface area is 123 Å². The second-order valence-electron chi connectivity index (χ2n) is 5.84. The summed E-state index contributed by atoms with van der Waals surface area (Å²) in [5, 5.41) is 27.9. The number of benzene rings is 1. The summed E-state index contributed by atoms with van der Waals surface area (Å²) >= 11 is 0. The van der Waals surface area contributed by atoms with E-state index in [1.807, 2.05) is 0 Å². The van der Waals surface area contributed by atoms with Crippen LogP contribution in [0.25, 0.3) is 0 Å². The fourth-order valence-electron chi connectivity index (χ4n) is 2.65. The Morgan fingerprint density at radius 2 is 2.05 bits per heavy atom. The first kappa shape index (κ1) is 15.6. The third-order valence-electron chi connectivity index (χ3n) is 3.93. The molecule has 116 valence electrons. The van der Waals surface area contributed by atoms with Gasteiger partial charge in [0, 0.05) is 13.6 Å². The molecule has 1 saturated carbocycles. The van der Waals surface area contributed by atoms with Crippen LogP contribution in [-0.2, 0) is 11.2 Å². The maximum absolute atomic E-state index is 12.2. The quantitative estimate of drug-likeness (QED) is 0.580. The topological polar surface area (TPSA) is 107 Å². The Balaban J connectivity index is 1.87. The molecule has 1 aromatic rings. The SMILES string of the molecule is CN(CC1CC(O)C1)C(=O)[C@@H](N)Cc1ccc(O)c(O)c1. The number of hydrogen-bond acceptors (Lipinski definition) is 5. The highest BCUT2D eigenvalue weighted by Gasteiger charge is 2.30. The van der Waals surface area contributed by atoms with E-state index in [9.17, 15) is 20.1 Å². The van der Waals surface area contributed by atoms with E-state index in [2.05, 4.69) is 0 Å². The van der Waals surface area contributed by atoms with Gasteiger partial charge < -0.3 is 26.0 Å². The largest absolute Gasteiger partial charge is 0.504 e. The first-order chi connectivity index (χ1) is 9.86. The van der Waals surface area contributed by atoms with Crippen LogP contribution in [0.4, 0.5) is 0 Å². The number of carbonyl (C=O) groups excluding carboxylic acids is 1. The van der Waals surface area contributed by atoms with E-state index in [0.29, 0.717) is 24.4 Å². The summed E-state index contributed by atoms with van der Waals surface area (Å²) in [6.45, 7) is 0.602. The monoisotopic (exact) mass is 294 g/mol. The maximum Gasteiger partial charge on any atom is 0.239 e. The molecule has 0 aromatic heterocycles. The Hall–Kier alpha value is -1.79. The predicted octanol–water partition coefficient (Wildman–Crippen LogP) is 0.197. The molecule has 1 atom stereocenters. The van der Waals surface area contributed by atoms with E-state index in [0.717, 1.165) is 12.8 Å². The molecule has 21 heavy (non-hydrogen) atoms. The molecule has 1 amide bonds. The second kappa shape index (κ2) is 6.32. The molecular formula is C15H22N2O4. The van der Waals surface area contributed by atoms with E-state index < -0.39 is 6.04 Å². The Morgan fingerprint density at radius 1 is 1.38 bits per heavy atom. The van der Waals surface area contributed by atoms with Crippen LogP contribution in [0.1, 0.15) is 18.4 Å². The Morgan fingerprint density at radius 3 is 2.62 bits per heavy atom. The van der Waals surface area contributed by atoms with Gasteiger partial charge in [-0.2, -0.15) is 0 Å². The summed E-state index contributed by atoms with van der Waals surface area (Å²) in [5.74, 6) is -0.230. The number of likely N-dealkylation sites (N-methyl/N-ethyl adjacent to an activating group) is 1. The fraction of sp³-hybridized carbons (Fsp3) is 0.533. The average Bonchev–Trinajstić information content (AvgIpc) is 2.40. The van der Waals surface area contributed by atoms with Gasteiger partial charge in [-0.1, -0.05) is 6.07 Å². The summed E-state index contributed by atoms with van der Waals surface area (Å²) in [6, 6.07) is 3.72. The molecule has 1 aromatic carbocycles. The van der Waals surface area contributed by atoms with Crippen molar-refractivity contribution in [3.8, 4) is 11.5 Å². The van der Waals surface area contributed by atoms with Crippen LogP contribution in [0, 0.1) is 5.92 Å². The number of nitrogens with two attached hydrogens (primary N) is 1. The number of aliphatic hydroxyl groups excluding tert-OH is 1. The highest BCUT2D eigenvalue weighted by atomic mass is 16.3. The molecule has 0 spiro atoms. The lowest BCUT2D eigenvalue weighted by Crippen LogP contribution is -2.46. The highest BCUT2D eigenvalue weighted by Crippen LogP contribution is 2.28. The van der Waals surface area contributed by atoms with Gasteiger partial charge in [0.15, 0.2) is 11.5 Å². The molecule has 6 nitrogen and oxygen atoms in total. The minimum Gasteiger partial charge on any atom is -0.504 e. The fourth-order valence-corrected chi connectivity index (χ4v) is 2.65. The number of hydrogen-bond donors (Lipinski definition) is 4. The van der Waals surface area contributed by atoms with Crippen LogP contribution in [0.5, 0.6) is 11.5 Å². The zero-order chi connectivity index (χ0) is 15.6. The molecule has 1 fully saturated rings. The van der Waals surface area contributed by atoms with Crippen molar-refractivity contribution < 1.29 is 20.1 Å². The Kier molecular flexibility index (Phi) is 4.69. The van der Waals surface area contributed by atoms with Gasteiger partial charge in [-0.05, 0) is 42.9 Å². The van der Waals surface area contributed by atoms with Gasteiger partial charge in [0.25, 0.3) is 0 Å². The van der Waals surface area contributed by atoms with Crippen molar-refractivity contribution in [1.82, 2.24) is 4.90 Å². The number of amides is 1. The third kappa shape index (κ3) is 3.86. The number of phenolic OH excluding ortho intramolecular Hbond substituents is 2. The van der Waals surface area contributed by atoms with Crippen LogP contribution in [0.15, 0.2) is 18.2 Å². The first-order valence-corrected chi connectivity index (χ1v) is 7.06. The van der Waals surface area contributed by atoms with Crippen molar-refractivity contribution in [3.63, 3.8) is 0 Å². The van der Waals surface area contributed by atoms with Crippen LogP contribution in [-0.4, -0.2) is 51.9 Å². The van der Waals surface area contributed by atoms with Crippen molar-refractivity contribution in [2.75, 3.05) is 13.6 Å². The summed E-state index contributed by atoms with van der Waals surface area (Å²) in [5.41, 5.74) is 6.61. The van der Waals surface area contributed by atoms with Crippen molar-refractivity contribution in [1.29, 1.82) is 0 Å². The normalized spacial score (nSPS) is 22.4. The van der Waals surface area contributed by atoms with Crippen molar-refractivity contribution >= 4 is 5.91 Å². The first-order valence-electron chi connectivity index (χ1n) is 7.06. The molecule has 5 N–H and O–H groups in total. The van der Waals surface area contributed by atoms with Gasteiger partial charge in [0.05, 0.1) is 12.1 Å². The molecule has 0 aliphatic heterocycles. The zero-order valence-corrected chi connectivity index (χ0v) is 12.1. The van der Waals surface area contributed by atoms with E-state index >= 15 is 0 Å². The van der Waals surface area contributed by atoms with Gasteiger partial charge in [-0.3, -0.25) is 4.79 Å². The number of aliphatic hydroxyl groups is 1. The molecule has 1 aliphatic rings. The Bertz CT molecular complexity index is 514. The molecule has 0 bridgehead atoms. The van der Waals surface area contributed by atoms with Gasteiger partial charge in [0.1, 0.15) is 0 Å². The smallest absolute Gasteiger partial charge is 0.239 e. The van der Waals surface area contributed by atoms with E-state index in [4.69, 9.17) is 5.73 Å². The molecule has 0 unspecified atom stereocenters. The molecule has 0 saturated heterocycles. The maximum atomic E-state index is 12.2. The lowest BCUT2D eigenvalue weighted by atomic mass is 9.82.